The molecule has 1 amide bonds. The van der Waals surface area contributed by atoms with E-state index < -0.39 is 0 Å². The highest BCUT2D eigenvalue weighted by atomic mass is 16.4. The molecule has 0 aliphatic rings. The lowest BCUT2D eigenvalue weighted by molar-refractivity contribution is -0.114. The Bertz CT molecular complexity index is 500. The molecular formula is C12H12N2O2. The monoisotopic (exact) mass is 216 g/mol. The average molecular weight is 216 g/mol. The topological polar surface area (TPSA) is 55.1 Å². The number of nitrogens with zero attached hydrogens (tertiary/aromatic N) is 1. The maximum atomic E-state index is 10.8. The van der Waals surface area contributed by atoms with Gasteiger partial charge in [0.05, 0.1) is 6.20 Å². The zero-order valence-corrected chi connectivity index (χ0v) is 9.15. The molecule has 4 nitrogen and oxygen atoms in total. The van der Waals surface area contributed by atoms with Gasteiger partial charge in [-0.15, -0.1) is 0 Å². The fourth-order valence-electron chi connectivity index (χ4n) is 1.33. The molecule has 0 atom stereocenters. The van der Waals surface area contributed by atoms with Crippen molar-refractivity contribution in [3.8, 4) is 11.3 Å². The molecule has 0 saturated carbocycles. The quantitative estimate of drug-likeness (QED) is 0.839. The first-order chi connectivity index (χ1) is 7.65. The van der Waals surface area contributed by atoms with E-state index in [1.807, 2.05) is 31.2 Å². The Morgan fingerprint density at radius 3 is 2.62 bits per heavy atom. The molecule has 16 heavy (non-hydrogen) atoms. The van der Waals surface area contributed by atoms with Crippen molar-refractivity contribution >= 4 is 11.9 Å². The van der Waals surface area contributed by atoms with E-state index in [-0.39, 0.29) is 11.9 Å². The maximum Gasteiger partial charge on any atom is 0.301 e. The summed E-state index contributed by atoms with van der Waals surface area (Å²) in [4.78, 5) is 14.7. The molecule has 0 spiro atoms. The minimum Gasteiger partial charge on any atom is -0.423 e. The SMILES string of the molecule is CC(=O)Nc1ncc(-c2ccc(C)cc2)o1. The van der Waals surface area contributed by atoms with E-state index in [4.69, 9.17) is 4.42 Å². The number of hydrogen-bond donors (Lipinski definition) is 1. The third-order valence-corrected chi connectivity index (χ3v) is 2.12. The minimum atomic E-state index is -0.197. The Morgan fingerprint density at radius 1 is 1.31 bits per heavy atom. The van der Waals surface area contributed by atoms with Gasteiger partial charge < -0.3 is 4.42 Å². The Kier molecular flexibility index (Phi) is 2.72. The van der Waals surface area contributed by atoms with E-state index >= 15 is 0 Å². The third-order valence-electron chi connectivity index (χ3n) is 2.12. The molecule has 1 aromatic heterocycles. The normalized spacial score (nSPS) is 10.1. The summed E-state index contributed by atoms with van der Waals surface area (Å²) in [5.74, 6) is 0.445. The zero-order valence-electron chi connectivity index (χ0n) is 9.15. The first-order valence-corrected chi connectivity index (χ1v) is 4.95. The summed E-state index contributed by atoms with van der Waals surface area (Å²) in [6.07, 6.45) is 1.59. The van der Waals surface area contributed by atoms with Crippen molar-refractivity contribution < 1.29 is 9.21 Å². The molecule has 0 radical (unpaired) electrons. The van der Waals surface area contributed by atoms with Gasteiger partial charge in [-0.25, -0.2) is 4.98 Å². The number of nitrogens with one attached hydrogen (secondary N) is 1. The molecule has 0 fully saturated rings. The summed E-state index contributed by atoms with van der Waals surface area (Å²) >= 11 is 0. The van der Waals surface area contributed by atoms with E-state index in [2.05, 4.69) is 10.3 Å². The van der Waals surface area contributed by atoms with E-state index in [9.17, 15) is 4.79 Å². The Balaban J connectivity index is 2.24. The number of aromatic nitrogens is 1. The molecule has 2 rings (SSSR count). The average Bonchev–Trinajstić information content (AvgIpc) is 2.66. The Morgan fingerprint density at radius 2 is 2.00 bits per heavy atom. The number of aryl methyl sites for hydroxylation is 1. The lowest BCUT2D eigenvalue weighted by atomic mass is 10.1. The molecule has 2 aromatic rings. The second-order valence-electron chi connectivity index (χ2n) is 3.58. The van der Waals surface area contributed by atoms with E-state index in [1.165, 1.54) is 12.5 Å². The smallest absolute Gasteiger partial charge is 0.301 e. The number of rotatable bonds is 2. The van der Waals surface area contributed by atoms with Crippen LogP contribution in [0.25, 0.3) is 11.3 Å². The summed E-state index contributed by atoms with van der Waals surface area (Å²) in [5.41, 5.74) is 2.13. The van der Waals surface area contributed by atoms with Gasteiger partial charge in [0.15, 0.2) is 5.76 Å². The van der Waals surface area contributed by atoms with Gasteiger partial charge >= 0.3 is 6.01 Å². The second kappa shape index (κ2) is 4.18. The van der Waals surface area contributed by atoms with Crippen molar-refractivity contribution in [1.82, 2.24) is 4.98 Å². The summed E-state index contributed by atoms with van der Waals surface area (Å²) in [6.45, 7) is 3.43. The lowest BCUT2D eigenvalue weighted by Crippen LogP contribution is -2.05. The van der Waals surface area contributed by atoms with Crippen LogP contribution in [0.15, 0.2) is 34.9 Å². The third kappa shape index (κ3) is 2.28. The van der Waals surface area contributed by atoms with Crippen LogP contribution in [-0.2, 0) is 4.79 Å². The molecule has 0 saturated heterocycles. The standard InChI is InChI=1S/C12H12N2O2/c1-8-3-5-10(6-4-8)11-7-13-12(16-11)14-9(2)15/h3-7H,1-2H3,(H,13,14,15). The fourth-order valence-corrected chi connectivity index (χ4v) is 1.33. The first-order valence-electron chi connectivity index (χ1n) is 4.95. The van der Waals surface area contributed by atoms with Crippen LogP contribution in [-0.4, -0.2) is 10.9 Å². The molecule has 1 aromatic carbocycles. The molecule has 0 aliphatic carbocycles. The van der Waals surface area contributed by atoms with Crippen molar-refractivity contribution in [3.63, 3.8) is 0 Å². The van der Waals surface area contributed by atoms with E-state index in [1.54, 1.807) is 6.20 Å². The maximum absolute atomic E-state index is 10.8. The Labute approximate surface area is 93.3 Å². The molecule has 0 bridgehead atoms. The van der Waals surface area contributed by atoms with Gasteiger partial charge in [0, 0.05) is 12.5 Å². The van der Waals surface area contributed by atoms with Crippen molar-refractivity contribution in [3.05, 3.63) is 36.0 Å². The van der Waals surface area contributed by atoms with Gasteiger partial charge in [0.25, 0.3) is 0 Å². The van der Waals surface area contributed by atoms with Crippen molar-refractivity contribution in [2.24, 2.45) is 0 Å². The highest BCUT2D eigenvalue weighted by molar-refractivity contribution is 5.86. The van der Waals surface area contributed by atoms with Crippen LogP contribution >= 0.6 is 0 Å². The first kappa shape index (κ1) is 10.4. The van der Waals surface area contributed by atoms with Crippen LogP contribution in [0.1, 0.15) is 12.5 Å². The number of hydrogen-bond acceptors (Lipinski definition) is 3. The number of anilines is 1. The van der Waals surface area contributed by atoms with Gasteiger partial charge in [-0.2, -0.15) is 0 Å². The Hall–Kier alpha value is -2.10. The molecule has 1 heterocycles. The number of oxazole rings is 1. The lowest BCUT2D eigenvalue weighted by Gasteiger charge is -1.97. The van der Waals surface area contributed by atoms with Crippen LogP contribution in [0.5, 0.6) is 0 Å². The molecule has 1 N–H and O–H groups in total. The zero-order chi connectivity index (χ0) is 11.5. The summed E-state index contributed by atoms with van der Waals surface area (Å²) in [6, 6.07) is 8.12. The van der Waals surface area contributed by atoms with Gasteiger partial charge in [-0.05, 0) is 6.92 Å². The summed E-state index contributed by atoms with van der Waals surface area (Å²) in [5, 5.41) is 2.49. The van der Waals surface area contributed by atoms with Crippen LogP contribution in [0.2, 0.25) is 0 Å². The van der Waals surface area contributed by atoms with Crippen molar-refractivity contribution in [2.45, 2.75) is 13.8 Å². The van der Waals surface area contributed by atoms with E-state index in [0.717, 1.165) is 5.56 Å². The highest BCUT2D eigenvalue weighted by Gasteiger charge is 2.06. The predicted molar refractivity (Wildman–Crippen MR) is 61.0 cm³/mol. The largest absolute Gasteiger partial charge is 0.423 e. The number of amides is 1. The minimum absolute atomic E-state index is 0.197. The van der Waals surface area contributed by atoms with Crippen LogP contribution in [0.3, 0.4) is 0 Å². The number of carbonyl (C=O) groups is 1. The molecular weight excluding hydrogens is 204 g/mol. The van der Waals surface area contributed by atoms with Crippen molar-refractivity contribution in [1.29, 1.82) is 0 Å². The van der Waals surface area contributed by atoms with Crippen molar-refractivity contribution in [2.75, 3.05) is 5.32 Å². The molecule has 82 valence electrons. The van der Waals surface area contributed by atoms with Crippen LogP contribution in [0.4, 0.5) is 6.01 Å². The van der Waals surface area contributed by atoms with Gasteiger partial charge in [0.1, 0.15) is 0 Å². The van der Waals surface area contributed by atoms with Gasteiger partial charge in [-0.3, -0.25) is 10.1 Å². The molecule has 0 aliphatic heterocycles. The molecule has 4 heteroatoms. The van der Waals surface area contributed by atoms with Gasteiger partial charge in [0.2, 0.25) is 5.91 Å². The fraction of sp³-hybridized carbons (Fsp3) is 0.167. The molecule has 0 unspecified atom stereocenters. The van der Waals surface area contributed by atoms with Crippen LogP contribution < -0.4 is 5.32 Å². The second-order valence-corrected chi connectivity index (χ2v) is 3.58. The van der Waals surface area contributed by atoms with Crippen LogP contribution in [0, 0.1) is 6.92 Å². The predicted octanol–water partition coefficient (Wildman–Crippen LogP) is 2.61. The number of carbonyl (C=O) groups excluding carboxylic acids is 1. The van der Waals surface area contributed by atoms with Gasteiger partial charge in [-0.1, -0.05) is 29.8 Å². The summed E-state index contributed by atoms with van der Waals surface area (Å²) in [7, 11) is 0. The highest BCUT2D eigenvalue weighted by Crippen LogP contribution is 2.22. The summed E-state index contributed by atoms with van der Waals surface area (Å²) < 4.78 is 5.38. The number of benzene rings is 1. The van der Waals surface area contributed by atoms with E-state index in [0.29, 0.717) is 5.76 Å².